The molecule has 1 aromatic rings. The minimum absolute atomic E-state index is 0.534. The predicted molar refractivity (Wildman–Crippen MR) is 80.5 cm³/mol. The first-order chi connectivity index (χ1) is 9.13. The molecule has 1 heterocycles. The number of anilines is 2. The highest BCUT2D eigenvalue weighted by Gasteiger charge is 2.27. The van der Waals surface area contributed by atoms with E-state index in [-0.39, 0.29) is 0 Å². The first-order valence-electron chi connectivity index (χ1n) is 7.45. The van der Waals surface area contributed by atoms with E-state index >= 15 is 0 Å². The van der Waals surface area contributed by atoms with Gasteiger partial charge < -0.3 is 10.6 Å². The first kappa shape index (κ1) is 14.1. The van der Waals surface area contributed by atoms with Crippen LogP contribution in [0.4, 0.5) is 11.6 Å². The molecule has 1 aliphatic rings. The van der Waals surface area contributed by atoms with Crippen molar-refractivity contribution in [2.24, 2.45) is 11.8 Å². The number of hydrogen-bond acceptors (Lipinski definition) is 4. The lowest BCUT2D eigenvalue weighted by Crippen LogP contribution is -2.35. The second-order valence-electron chi connectivity index (χ2n) is 5.74. The molecule has 19 heavy (non-hydrogen) atoms. The molecule has 0 amide bonds. The zero-order valence-corrected chi connectivity index (χ0v) is 12.5. The standard InChI is InChI=1S/C15H26N4/c1-5-16-14-12(4)15(18-9-17-14)19-13-8-6-7-10(2)11(13)3/h9-11,13H,5-8H2,1-4H3,(H2,16,17,18,19). The van der Waals surface area contributed by atoms with Gasteiger partial charge in [0.1, 0.15) is 18.0 Å². The van der Waals surface area contributed by atoms with Crippen molar-refractivity contribution in [2.45, 2.75) is 53.0 Å². The van der Waals surface area contributed by atoms with Gasteiger partial charge in [0.2, 0.25) is 0 Å². The fourth-order valence-electron chi connectivity index (χ4n) is 2.90. The topological polar surface area (TPSA) is 49.8 Å². The Hall–Kier alpha value is -1.32. The smallest absolute Gasteiger partial charge is 0.134 e. The fraction of sp³-hybridized carbons (Fsp3) is 0.733. The molecule has 3 atom stereocenters. The number of nitrogens with zero attached hydrogens (tertiary/aromatic N) is 2. The Balaban J connectivity index is 2.12. The zero-order valence-electron chi connectivity index (χ0n) is 12.5. The summed E-state index contributed by atoms with van der Waals surface area (Å²) in [6, 6.07) is 0.534. The van der Waals surface area contributed by atoms with Crippen LogP contribution >= 0.6 is 0 Å². The molecular weight excluding hydrogens is 236 g/mol. The number of rotatable bonds is 4. The van der Waals surface area contributed by atoms with E-state index in [9.17, 15) is 0 Å². The molecule has 0 aliphatic heterocycles. The van der Waals surface area contributed by atoms with Gasteiger partial charge in [0.15, 0.2) is 0 Å². The third kappa shape index (κ3) is 3.17. The number of aromatic nitrogens is 2. The molecule has 0 aromatic carbocycles. The van der Waals surface area contributed by atoms with Gasteiger partial charge in [-0.3, -0.25) is 0 Å². The second kappa shape index (κ2) is 6.22. The van der Waals surface area contributed by atoms with Gasteiger partial charge in [-0.15, -0.1) is 0 Å². The van der Waals surface area contributed by atoms with Crippen molar-refractivity contribution in [3.63, 3.8) is 0 Å². The Kier molecular flexibility index (Phi) is 4.61. The molecule has 0 spiro atoms. The summed E-state index contributed by atoms with van der Waals surface area (Å²) in [5, 5.41) is 6.92. The molecule has 0 radical (unpaired) electrons. The molecule has 2 N–H and O–H groups in total. The van der Waals surface area contributed by atoms with Crippen LogP contribution in [0.2, 0.25) is 0 Å². The van der Waals surface area contributed by atoms with Crippen molar-refractivity contribution in [1.82, 2.24) is 9.97 Å². The predicted octanol–water partition coefficient (Wildman–Crippen LogP) is 3.45. The Labute approximate surface area is 116 Å². The van der Waals surface area contributed by atoms with E-state index in [0.717, 1.165) is 29.7 Å². The SMILES string of the molecule is CCNc1ncnc(NC2CCCC(C)C2C)c1C. The van der Waals surface area contributed by atoms with E-state index in [2.05, 4.69) is 48.3 Å². The summed E-state index contributed by atoms with van der Waals surface area (Å²) in [6.45, 7) is 9.75. The van der Waals surface area contributed by atoms with Crippen LogP contribution in [0.25, 0.3) is 0 Å². The summed E-state index contributed by atoms with van der Waals surface area (Å²) >= 11 is 0. The van der Waals surface area contributed by atoms with E-state index in [1.165, 1.54) is 19.3 Å². The minimum atomic E-state index is 0.534. The molecule has 1 aromatic heterocycles. The van der Waals surface area contributed by atoms with Gasteiger partial charge in [-0.2, -0.15) is 0 Å². The molecule has 106 valence electrons. The maximum Gasteiger partial charge on any atom is 0.134 e. The lowest BCUT2D eigenvalue weighted by Gasteiger charge is -2.35. The van der Waals surface area contributed by atoms with Gasteiger partial charge in [-0.1, -0.05) is 26.7 Å². The van der Waals surface area contributed by atoms with Gasteiger partial charge in [0, 0.05) is 18.2 Å². The molecule has 0 saturated heterocycles. The van der Waals surface area contributed by atoms with Crippen molar-refractivity contribution < 1.29 is 0 Å². The van der Waals surface area contributed by atoms with E-state index in [4.69, 9.17) is 0 Å². The highest BCUT2D eigenvalue weighted by Crippen LogP contribution is 2.32. The van der Waals surface area contributed by atoms with Gasteiger partial charge in [-0.25, -0.2) is 9.97 Å². The minimum Gasteiger partial charge on any atom is -0.370 e. The average molecular weight is 262 g/mol. The van der Waals surface area contributed by atoms with Crippen LogP contribution in [-0.2, 0) is 0 Å². The van der Waals surface area contributed by atoms with E-state index in [1.807, 2.05) is 0 Å². The Morgan fingerprint density at radius 1 is 1.21 bits per heavy atom. The number of hydrogen-bond donors (Lipinski definition) is 2. The molecule has 3 unspecified atom stereocenters. The lowest BCUT2D eigenvalue weighted by molar-refractivity contribution is 0.253. The van der Waals surface area contributed by atoms with Gasteiger partial charge in [0.25, 0.3) is 0 Å². The fourth-order valence-corrected chi connectivity index (χ4v) is 2.90. The van der Waals surface area contributed by atoms with Crippen LogP contribution in [0, 0.1) is 18.8 Å². The van der Waals surface area contributed by atoms with Crippen LogP contribution in [0.3, 0.4) is 0 Å². The number of nitrogens with one attached hydrogen (secondary N) is 2. The van der Waals surface area contributed by atoms with Crippen molar-refractivity contribution in [1.29, 1.82) is 0 Å². The van der Waals surface area contributed by atoms with Gasteiger partial charge >= 0.3 is 0 Å². The van der Waals surface area contributed by atoms with Crippen LogP contribution in [0.1, 0.15) is 45.6 Å². The lowest BCUT2D eigenvalue weighted by atomic mass is 9.78. The van der Waals surface area contributed by atoms with Crippen molar-refractivity contribution in [2.75, 3.05) is 17.2 Å². The molecular formula is C15H26N4. The Morgan fingerprint density at radius 2 is 1.95 bits per heavy atom. The molecule has 1 fully saturated rings. The van der Waals surface area contributed by atoms with Gasteiger partial charge in [0.05, 0.1) is 0 Å². The summed E-state index contributed by atoms with van der Waals surface area (Å²) in [5.41, 5.74) is 1.12. The normalized spacial score (nSPS) is 27.1. The summed E-state index contributed by atoms with van der Waals surface area (Å²) in [7, 11) is 0. The van der Waals surface area contributed by atoms with Crippen molar-refractivity contribution >= 4 is 11.6 Å². The summed E-state index contributed by atoms with van der Waals surface area (Å²) in [5.74, 6) is 3.42. The van der Waals surface area contributed by atoms with Crippen LogP contribution in [-0.4, -0.2) is 22.6 Å². The molecule has 4 heteroatoms. The third-order valence-corrected chi connectivity index (χ3v) is 4.46. The molecule has 4 nitrogen and oxygen atoms in total. The molecule has 1 aliphatic carbocycles. The second-order valence-corrected chi connectivity index (χ2v) is 5.74. The Morgan fingerprint density at radius 3 is 2.68 bits per heavy atom. The van der Waals surface area contributed by atoms with Crippen LogP contribution < -0.4 is 10.6 Å². The quantitative estimate of drug-likeness (QED) is 0.872. The highest BCUT2D eigenvalue weighted by atomic mass is 15.1. The van der Waals surface area contributed by atoms with Crippen LogP contribution in [0.15, 0.2) is 6.33 Å². The summed E-state index contributed by atoms with van der Waals surface area (Å²) < 4.78 is 0. The third-order valence-electron chi connectivity index (χ3n) is 4.46. The van der Waals surface area contributed by atoms with Gasteiger partial charge in [-0.05, 0) is 32.1 Å². The molecule has 1 saturated carbocycles. The average Bonchev–Trinajstić information content (AvgIpc) is 2.40. The largest absolute Gasteiger partial charge is 0.370 e. The summed E-state index contributed by atoms with van der Waals surface area (Å²) in [4.78, 5) is 8.71. The maximum absolute atomic E-state index is 4.41. The maximum atomic E-state index is 4.41. The van der Waals surface area contributed by atoms with Crippen LogP contribution in [0.5, 0.6) is 0 Å². The molecule has 0 bridgehead atoms. The van der Waals surface area contributed by atoms with E-state index in [0.29, 0.717) is 12.0 Å². The van der Waals surface area contributed by atoms with E-state index in [1.54, 1.807) is 6.33 Å². The Bertz CT molecular complexity index is 419. The molecule has 2 rings (SSSR count). The summed E-state index contributed by atoms with van der Waals surface area (Å²) in [6.07, 6.45) is 5.55. The van der Waals surface area contributed by atoms with Crippen molar-refractivity contribution in [3.8, 4) is 0 Å². The zero-order chi connectivity index (χ0) is 13.8. The van der Waals surface area contributed by atoms with Crippen molar-refractivity contribution in [3.05, 3.63) is 11.9 Å². The first-order valence-corrected chi connectivity index (χ1v) is 7.45. The van der Waals surface area contributed by atoms with E-state index < -0.39 is 0 Å². The monoisotopic (exact) mass is 262 g/mol. The highest BCUT2D eigenvalue weighted by molar-refractivity contribution is 5.56.